The van der Waals surface area contributed by atoms with E-state index in [1.54, 1.807) is 0 Å². The lowest BCUT2D eigenvalue weighted by molar-refractivity contribution is -0.141. The van der Waals surface area contributed by atoms with Gasteiger partial charge in [-0.2, -0.15) is 13.2 Å². The van der Waals surface area contributed by atoms with Crippen molar-refractivity contribution in [3.05, 3.63) is 17.2 Å². The predicted molar refractivity (Wildman–Crippen MR) is 45.9 cm³/mol. The van der Waals surface area contributed by atoms with E-state index in [0.29, 0.717) is 4.57 Å². The molecule has 0 saturated carbocycles. The lowest BCUT2D eigenvalue weighted by Gasteiger charge is -2.11. The summed E-state index contributed by atoms with van der Waals surface area (Å²) in [5.41, 5.74) is -0.609. The Balaban J connectivity index is 3.27. The number of hydrogen-bond acceptors (Lipinski definition) is 3. The number of alkyl halides is 3. The van der Waals surface area contributed by atoms with Crippen LogP contribution in [0.4, 0.5) is 13.2 Å². The van der Waals surface area contributed by atoms with Gasteiger partial charge in [0, 0.05) is 0 Å². The molecule has 0 atom stereocenters. The van der Waals surface area contributed by atoms with Gasteiger partial charge in [-0.25, -0.2) is 9.78 Å². The van der Waals surface area contributed by atoms with Crippen molar-refractivity contribution in [1.29, 1.82) is 0 Å². The maximum Gasteiger partial charge on any atom is 0.406 e. The monoisotopic (exact) mass is 238 g/mol. The summed E-state index contributed by atoms with van der Waals surface area (Å²) in [6, 6.07) is 0. The third-order valence-electron chi connectivity index (χ3n) is 1.90. The Kier molecular flexibility index (Phi) is 3.22. The topological polar surface area (TPSA) is 75.4 Å². The van der Waals surface area contributed by atoms with Gasteiger partial charge in [-0.15, -0.1) is 0 Å². The number of imidazole rings is 1. The number of halogens is 3. The predicted octanol–water partition coefficient (Wildman–Crippen LogP) is 0.944. The Bertz CT molecular complexity index is 411. The van der Waals surface area contributed by atoms with Crippen molar-refractivity contribution in [3.8, 4) is 0 Å². The molecule has 0 bridgehead atoms. The summed E-state index contributed by atoms with van der Waals surface area (Å²) in [6.07, 6.45) is -4.57. The number of aliphatic hydroxyl groups excluding tert-OH is 1. The van der Waals surface area contributed by atoms with E-state index in [4.69, 9.17) is 10.2 Å². The van der Waals surface area contributed by atoms with E-state index in [1.165, 1.54) is 6.92 Å². The van der Waals surface area contributed by atoms with Crippen LogP contribution in [-0.2, 0) is 13.2 Å². The van der Waals surface area contributed by atoms with E-state index < -0.39 is 31.0 Å². The molecule has 0 radical (unpaired) electrons. The third-order valence-corrected chi connectivity index (χ3v) is 1.90. The zero-order chi connectivity index (χ0) is 12.5. The van der Waals surface area contributed by atoms with Crippen LogP contribution in [0.5, 0.6) is 0 Å². The second-order valence-corrected chi connectivity index (χ2v) is 3.13. The molecule has 1 aromatic rings. The highest BCUT2D eigenvalue weighted by Gasteiger charge is 2.32. The summed E-state index contributed by atoms with van der Waals surface area (Å²) in [5.74, 6) is -1.82. The Labute approximate surface area is 88.1 Å². The normalized spacial score (nSPS) is 11.8. The average Bonchev–Trinajstić information content (AvgIpc) is 2.39. The van der Waals surface area contributed by atoms with Crippen LogP contribution in [0, 0.1) is 6.92 Å². The van der Waals surface area contributed by atoms with Crippen molar-refractivity contribution in [3.63, 3.8) is 0 Å². The van der Waals surface area contributed by atoms with Crippen LogP contribution < -0.4 is 0 Å². The van der Waals surface area contributed by atoms with Gasteiger partial charge in [-0.1, -0.05) is 0 Å². The van der Waals surface area contributed by atoms with Crippen molar-refractivity contribution in [2.24, 2.45) is 0 Å². The minimum absolute atomic E-state index is 0.0548. The second kappa shape index (κ2) is 4.12. The van der Waals surface area contributed by atoms with E-state index in [-0.39, 0.29) is 11.5 Å². The highest BCUT2D eigenvalue weighted by Crippen LogP contribution is 2.21. The molecule has 0 aliphatic heterocycles. The fourth-order valence-electron chi connectivity index (χ4n) is 1.37. The van der Waals surface area contributed by atoms with Gasteiger partial charge >= 0.3 is 12.1 Å². The smallest absolute Gasteiger partial charge is 0.406 e. The first-order chi connectivity index (χ1) is 7.26. The molecular formula is C8H9F3N2O3. The summed E-state index contributed by atoms with van der Waals surface area (Å²) in [6.45, 7) is -0.953. The molecule has 90 valence electrons. The van der Waals surface area contributed by atoms with Crippen LogP contribution in [0.3, 0.4) is 0 Å². The maximum atomic E-state index is 12.2. The highest BCUT2D eigenvalue weighted by molar-refractivity contribution is 5.87. The minimum Gasteiger partial charge on any atom is -0.477 e. The first kappa shape index (κ1) is 12.5. The molecule has 0 spiro atoms. The van der Waals surface area contributed by atoms with Gasteiger partial charge in [0.25, 0.3) is 0 Å². The summed E-state index contributed by atoms with van der Waals surface area (Å²) >= 11 is 0. The number of nitrogens with zero attached hydrogens (tertiary/aromatic N) is 2. The molecule has 1 heterocycles. The van der Waals surface area contributed by atoms with Crippen molar-refractivity contribution >= 4 is 5.97 Å². The summed E-state index contributed by atoms with van der Waals surface area (Å²) < 4.78 is 37.0. The number of aromatic nitrogens is 2. The second-order valence-electron chi connectivity index (χ2n) is 3.13. The van der Waals surface area contributed by atoms with E-state index in [1.807, 2.05) is 0 Å². The summed E-state index contributed by atoms with van der Waals surface area (Å²) in [4.78, 5) is 14.3. The van der Waals surface area contributed by atoms with Gasteiger partial charge in [0.05, 0.1) is 5.69 Å². The molecule has 5 nitrogen and oxygen atoms in total. The van der Waals surface area contributed by atoms with Crippen LogP contribution in [0.1, 0.15) is 22.0 Å². The minimum atomic E-state index is -4.57. The number of aliphatic hydroxyl groups is 1. The van der Waals surface area contributed by atoms with Crippen LogP contribution in [0.15, 0.2) is 0 Å². The van der Waals surface area contributed by atoms with E-state index in [9.17, 15) is 18.0 Å². The van der Waals surface area contributed by atoms with Gasteiger partial charge in [0.2, 0.25) is 0 Å². The molecule has 0 fully saturated rings. The molecule has 0 amide bonds. The molecule has 1 aromatic heterocycles. The summed E-state index contributed by atoms with van der Waals surface area (Å²) in [5, 5.41) is 17.5. The van der Waals surface area contributed by atoms with Gasteiger partial charge in [0.15, 0.2) is 5.69 Å². The van der Waals surface area contributed by atoms with Crippen molar-refractivity contribution in [2.75, 3.05) is 0 Å². The molecule has 0 unspecified atom stereocenters. The van der Waals surface area contributed by atoms with Crippen LogP contribution in [0.25, 0.3) is 0 Å². The fourth-order valence-corrected chi connectivity index (χ4v) is 1.37. The SMILES string of the molecule is Cc1nc(CO)n(CC(F)(F)F)c1C(=O)O. The number of rotatable bonds is 3. The number of carboxylic acids is 1. The molecule has 0 aliphatic rings. The Morgan fingerprint density at radius 2 is 2.06 bits per heavy atom. The Morgan fingerprint density at radius 3 is 2.44 bits per heavy atom. The molecule has 0 aliphatic carbocycles. The van der Waals surface area contributed by atoms with Gasteiger partial charge in [0.1, 0.15) is 19.0 Å². The van der Waals surface area contributed by atoms with Crippen LogP contribution >= 0.6 is 0 Å². The van der Waals surface area contributed by atoms with Gasteiger partial charge in [-0.05, 0) is 6.92 Å². The molecule has 1 rings (SSSR count). The number of aromatic carboxylic acids is 1. The lowest BCUT2D eigenvalue weighted by atomic mass is 10.3. The Morgan fingerprint density at radius 1 is 1.50 bits per heavy atom. The molecule has 0 aromatic carbocycles. The van der Waals surface area contributed by atoms with Crippen molar-refractivity contribution < 1.29 is 28.2 Å². The fraction of sp³-hybridized carbons (Fsp3) is 0.500. The lowest BCUT2D eigenvalue weighted by Crippen LogP contribution is -2.23. The first-order valence-corrected chi connectivity index (χ1v) is 4.23. The van der Waals surface area contributed by atoms with E-state index in [2.05, 4.69) is 4.98 Å². The zero-order valence-corrected chi connectivity index (χ0v) is 8.25. The quantitative estimate of drug-likeness (QED) is 0.821. The average molecular weight is 238 g/mol. The molecule has 8 heteroatoms. The standard InChI is InChI=1S/C8H9F3N2O3/c1-4-6(7(15)16)13(3-8(9,10)11)5(2-14)12-4/h14H,2-3H2,1H3,(H,15,16). The third kappa shape index (κ3) is 2.51. The Hall–Kier alpha value is -1.57. The molecule has 2 N–H and O–H groups in total. The maximum absolute atomic E-state index is 12.2. The first-order valence-electron chi connectivity index (χ1n) is 4.23. The van der Waals surface area contributed by atoms with Crippen LogP contribution in [0.2, 0.25) is 0 Å². The van der Waals surface area contributed by atoms with Gasteiger partial charge in [-0.3, -0.25) is 0 Å². The zero-order valence-electron chi connectivity index (χ0n) is 8.25. The number of hydrogen-bond donors (Lipinski definition) is 2. The number of carbonyl (C=O) groups is 1. The molecule has 0 saturated heterocycles. The van der Waals surface area contributed by atoms with Crippen LogP contribution in [-0.4, -0.2) is 31.9 Å². The largest absolute Gasteiger partial charge is 0.477 e. The summed E-state index contributed by atoms with van der Waals surface area (Å²) in [7, 11) is 0. The molecular weight excluding hydrogens is 229 g/mol. The van der Waals surface area contributed by atoms with E-state index >= 15 is 0 Å². The molecule has 16 heavy (non-hydrogen) atoms. The number of aryl methyl sites for hydroxylation is 1. The van der Waals surface area contributed by atoms with E-state index in [0.717, 1.165) is 0 Å². The number of carboxylic acid groups (broad SMARTS) is 1. The highest BCUT2D eigenvalue weighted by atomic mass is 19.4. The van der Waals surface area contributed by atoms with Gasteiger partial charge < -0.3 is 14.8 Å². The van der Waals surface area contributed by atoms with Crippen molar-refractivity contribution in [1.82, 2.24) is 9.55 Å². The van der Waals surface area contributed by atoms with Crippen molar-refractivity contribution in [2.45, 2.75) is 26.3 Å².